The van der Waals surface area contributed by atoms with E-state index in [9.17, 15) is 4.79 Å². The molecule has 0 spiro atoms. The third-order valence-electron chi connectivity index (χ3n) is 1.85. The molecule has 1 rings (SSSR count). The van der Waals surface area contributed by atoms with E-state index in [-0.39, 0.29) is 5.78 Å². The van der Waals surface area contributed by atoms with E-state index < -0.39 is 0 Å². The first-order valence-electron chi connectivity index (χ1n) is 3.55. The van der Waals surface area contributed by atoms with Crippen LogP contribution >= 0.6 is 8.19 Å². The number of carbonyl (C=O) groups excluding carboxylic acids is 1. The summed E-state index contributed by atoms with van der Waals surface area (Å²) in [4.78, 5) is 11.0. The van der Waals surface area contributed by atoms with Gasteiger partial charge in [-0.3, -0.25) is 4.79 Å². The van der Waals surface area contributed by atoms with Gasteiger partial charge in [-0.2, -0.15) is 0 Å². The van der Waals surface area contributed by atoms with Crippen LogP contribution in [-0.2, 0) is 0 Å². The molecule has 0 aromatic carbocycles. The fourth-order valence-electron chi connectivity index (χ4n) is 0.985. The summed E-state index contributed by atoms with van der Waals surface area (Å²) in [6.45, 7) is 5.65. The zero-order valence-corrected chi connectivity index (χ0v) is 7.90. The molecule has 1 aromatic rings. The summed E-state index contributed by atoms with van der Waals surface area (Å²) in [5, 5.41) is 0. The lowest BCUT2D eigenvalue weighted by atomic mass is 10.1. The molecule has 0 aliphatic rings. The van der Waals surface area contributed by atoms with Gasteiger partial charge in [0.05, 0.1) is 0 Å². The molecular weight excluding hydrogens is 155 g/mol. The molecule has 0 amide bonds. The van der Waals surface area contributed by atoms with Crippen molar-refractivity contribution >= 4 is 14.0 Å². The third kappa shape index (κ3) is 1.66. The normalized spacial score (nSPS) is 10.5. The van der Waals surface area contributed by atoms with Crippen molar-refractivity contribution in [1.29, 1.82) is 0 Å². The number of ketones is 1. The van der Waals surface area contributed by atoms with Crippen molar-refractivity contribution < 1.29 is 4.79 Å². The van der Waals surface area contributed by atoms with Gasteiger partial charge in [-0.25, -0.2) is 0 Å². The first-order valence-corrected chi connectivity index (χ1v) is 4.58. The lowest BCUT2D eigenvalue weighted by Crippen LogP contribution is -1.95. The quantitative estimate of drug-likeness (QED) is 0.586. The second kappa shape index (κ2) is 3.15. The molecule has 0 atom stereocenters. The highest BCUT2D eigenvalue weighted by atomic mass is 31.0. The fourth-order valence-corrected chi connectivity index (χ4v) is 2.00. The number of aryl methyl sites for hydroxylation is 1. The van der Waals surface area contributed by atoms with Gasteiger partial charge >= 0.3 is 0 Å². The van der Waals surface area contributed by atoms with Crippen LogP contribution in [0.25, 0.3) is 0 Å². The maximum atomic E-state index is 11.0. The first-order chi connectivity index (χ1) is 5.13. The average Bonchev–Trinajstić information content (AvgIpc) is 1.94. The van der Waals surface area contributed by atoms with Gasteiger partial charge in [-0.05, 0) is 43.5 Å². The lowest BCUT2D eigenvalue weighted by molar-refractivity contribution is 0.101. The summed E-state index contributed by atoms with van der Waals surface area (Å²) in [5.74, 6) is 4.24. The molecule has 0 N–H and O–H groups in total. The van der Waals surface area contributed by atoms with Crippen molar-refractivity contribution in [3.63, 3.8) is 0 Å². The molecule has 0 bridgehead atoms. The number of rotatable bonds is 1. The molecule has 0 saturated heterocycles. The number of carbonyl (C=O) groups is 1. The van der Waals surface area contributed by atoms with E-state index in [0.29, 0.717) is 0 Å². The molecule has 1 aromatic heterocycles. The fraction of sp³-hybridized carbons (Fsp3) is 0.333. The Kier molecular flexibility index (Phi) is 2.41. The number of hydrogen-bond acceptors (Lipinski definition) is 1. The Bertz CT molecular complexity index is 292. The minimum absolute atomic E-state index is 0.169. The summed E-state index contributed by atoms with van der Waals surface area (Å²) < 4.78 is 0. The molecule has 1 heterocycles. The molecule has 11 heavy (non-hydrogen) atoms. The summed E-state index contributed by atoms with van der Waals surface area (Å²) in [7, 11) is 1.13. The molecule has 0 aliphatic carbocycles. The average molecular weight is 166 g/mol. The Balaban J connectivity index is 3.27. The summed E-state index contributed by atoms with van der Waals surface area (Å²) in [6.07, 6.45) is 0. The van der Waals surface area contributed by atoms with E-state index in [1.54, 1.807) is 6.92 Å². The van der Waals surface area contributed by atoms with Crippen LogP contribution in [0.1, 0.15) is 28.4 Å². The van der Waals surface area contributed by atoms with Crippen LogP contribution in [0.3, 0.4) is 0 Å². The highest BCUT2D eigenvalue weighted by Crippen LogP contribution is 2.19. The minimum atomic E-state index is 0.169. The second-order valence-corrected chi connectivity index (χ2v) is 3.50. The zero-order chi connectivity index (χ0) is 8.43. The second-order valence-electron chi connectivity index (χ2n) is 2.69. The Labute approximate surface area is 68.6 Å². The van der Waals surface area contributed by atoms with Crippen molar-refractivity contribution in [3.05, 3.63) is 28.3 Å². The van der Waals surface area contributed by atoms with E-state index >= 15 is 0 Å². The summed E-state index contributed by atoms with van der Waals surface area (Å²) in [5.41, 5.74) is 3.22. The molecule has 58 valence electrons. The van der Waals surface area contributed by atoms with E-state index in [1.165, 1.54) is 5.56 Å². The van der Waals surface area contributed by atoms with Gasteiger partial charge in [-0.15, -0.1) is 0 Å². The van der Waals surface area contributed by atoms with Crippen LogP contribution in [0.5, 0.6) is 0 Å². The molecular formula is C9H11OP. The van der Waals surface area contributed by atoms with Crippen LogP contribution < -0.4 is 0 Å². The molecule has 0 fully saturated rings. The van der Waals surface area contributed by atoms with Gasteiger partial charge in [0.1, 0.15) is 0 Å². The predicted molar refractivity (Wildman–Crippen MR) is 48.4 cm³/mol. The van der Waals surface area contributed by atoms with Gasteiger partial charge < -0.3 is 0 Å². The van der Waals surface area contributed by atoms with Gasteiger partial charge in [0.25, 0.3) is 0 Å². The zero-order valence-electron chi connectivity index (χ0n) is 7.01. The lowest BCUT2D eigenvalue weighted by Gasteiger charge is -2.02. The van der Waals surface area contributed by atoms with E-state index in [1.807, 2.05) is 19.6 Å². The van der Waals surface area contributed by atoms with Gasteiger partial charge in [0.15, 0.2) is 5.78 Å². The van der Waals surface area contributed by atoms with Crippen LogP contribution in [-0.4, -0.2) is 5.78 Å². The molecule has 0 unspecified atom stereocenters. The molecule has 0 saturated carbocycles. The summed E-state index contributed by atoms with van der Waals surface area (Å²) in [6, 6.07) is 0. The van der Waals surface area contributed by atoms with E-state index in [2.05, 4.69) is 5.80 Å². The number of hydrogen-bond donors (Lipinski definition) is 0. The van der Waals surface area contributed by atoms with Crippen molar-refractivity contribution in [2.24, 2.45) is 0 Å². The molecule has 2 heteroatoms. The van der Waals surface area contributed by atoms with Crippen LogP contribution in [0.2, 0.25) is 0 Å². The predicted octanol–water partition coefficient (Wildman–Crippen LogP) is 3.09. The highest BCUT2D eigenvalue weighted by Gasteiger charge is 2.03. The minimum Gasteiger partial charge on any atom is -0.294 e. The van der Waals surface area contributed by atoms with E-state index in [0.717, 1.165) is 19.3 Å². The van der Waals surface area contributed by atoms with Crippen molar-refractivity contribution in [2.75, 3.05) is 0 Å². The SMILES string of the molecule is CC(=O)c1cpcc(C)c1C. The first kappa shape index (κ1) is 8.42. The van der Waals surface area contributed by atoms with Crippen LogP contribution in [0.4, 0.5) is 0 Å². The monoisotopic (exact) mass is 166 g/mol. The summed E-state index contributed by atoms with van der Waals surface area (Å²) >= 11 is 0. The van der Waals surface area contributed by atoms with Crippen LogP contribution in [0, 0.1) is 13.8 Å². The standard InChI is InChI=1S/C9H11OP/c1-6-4-11-5-9(7(6)2)8(3)10/h4-5H,1-3H3. The van der Waals surface area contributed by atoms with Crippen molar-refractivity contribution in [2.45, 2.75) is 20.8 Å². The smallest absolute Gasteiger partial charge is 0.160 e. The van der Waals surface area contributed by atoms with Crippen molar-refractivity contribution in [1.82, 2.24) is 0 Å². The Hall–Kier alpha value is -0.680. The number of Topliss-reactive ketones (excluding diaryl/α,β-unsaturated/α-hetero) is 1. The topological polar surface area (TPSA) is 17.1 Å². The third-order valence-corrected chi connectivity index (χ3v) is 2.79. The Morgan fingerprint density at radius 3 is 2.45 bits per heavy atom. The Morgan fingerprint density at radius 2 is 2.00 bits per heavy atom. The van der Waals surface area contributed by atoms with Gasteiger partial charge in [0.2, 0.25) is 0 Å². The van der Waals surface area contributed by atoms with Gasteiger partial charge in [0, 0.05) is 5.56 Å². The highest BCUT2D eigenvalue weighted by molar-refractivity contribution is 7.28. The Morgan fingerprint density at radius 1 is 1.36 bits per heavy atom. The molecule has 1 nitrogen and oxygen atoms in total. The molecule has 0 aliphatic heterocycles. The van der Waals surface area contributed by atoms with Gasteiger partial charge in [-0.1, -0.05) is 8.19 Å². The van der Waals surface area contributed by atoms with Crippen LogP contribution in [0.15, 0.2) is 11.6 Å². The maximum absolute atomic E-state index is 11.0. The largest absolute Gasteiger partial charge is 0.294 e. The maximum Gasteiger partial charge on any atom is 0.160 e. The van der Waals surface area contributed by atoms with Crippen molar-refractivity contribution in [3.8, 4) is 0 Å². The molecule has 0 radical (unpaired) electrons. The van der Waals surface area contributed by atoms with E-state index in [4.69, 9.17) is 0 Å².